The molecule has 1 unspecified atom stereocenters. The first-order valence-corrected chi connectivity index (χ1v) is 9.41. The number of para-hydroxylation sites is 1. The molecule has 126 valence electrons. The van der Waals surface area contributed by atoms with E-state index in [-0.39, 0.29) is 12.5 Å². The molecule has 1 amide bonds. The molecule has 0 spiro atoms. The Morgan fingerprint density at radius 2 is 2.12 bits per heavy atom. The van der Waals surface area contributed by atoms with Crippen LogP contribution in [0.5, 0.6) is 0 Å². The number of aliphatic hydroxyl groups excluding tert-OH is 1. The Kier molecular flexibility index (Phi) is 4.35. The highest BCUT2D eigenvalue weighted by molar-refractivity contribution is 7.20. The van der Waals surface area contributed by atoms with Crippen LogP contribution in [0.4, 0.5) is 0 Å². The quantitative estimate of drug-likeness (QED) is 0.555. The maximum Gasteiger partial charge on any atom is 0.280 e. The summed E-state index contributed by atoms with van der Waals surface area (Å²) >= 11 is 2.91. The summed E-state index contributed by atoms with van der Waals surface area (Å²) in [5.41, 5.74) is 1.77. The van der Waals surface area contributed by atoms with E-state index in [1.54, 1.807) is 17.4 Å². The second-order valence-electron chi connectivity index (χ2n) is 5.43. The van der Waals surface area contributed by atoms with E-state index in [0.717, 1.165) is 15.8 Å². The molecule has 0 bridgehead atoms. The Morgan fingerprint density at radius 3 is 2.92 bits per heavy atom. The zero-order valence-corrected chi connectivity index (χ0v) is 14.6. The number of aliphatic hydroxyl groups is 1. The number of thiophene rings is 1. The standard InChI is InChI=1S/C18H14N2O3S2/c21-13(15-6-5-14(23-15)11-7-8-24-10-11)9-19-17(22)18-20-12-3-1-2-4-16(12)25-18/h1-8,10,13,21H,9H2,(H,19,22). The van der Waals surface area contributed by atoms with Gasteiger partial charge in [-0.1, -0.05) is 12.1 Å². The number of carbonyl (C=O) groups excluding carboxylic acids is 1. The van der Waals surface area contributed by atoms with Gasteiger partial charge in [0.1, 0.15) is 17.6 Å². The molecule has 1 aromatic carbocycles. The number of amides is 1. The van der Waals surface area contributed by atoms with E-state index in [2.05, 4.69) is 10.3 Å². The van der Waals surface area contributed by atoms with Crippen LogP contribution in [0.25, 0.3) is 21.5 Å². The van der Waals surface area contributed by atoms with E-state index in [1.165, 1.54) is 11.3 Å². The van der Waals surface area contributed by atoms with Gasteiger partial charge in [-0.05, 0) is 35.7 Å². The zero-order valence-electron chi connectivity index (χ0n) is 13.0. The SMILES string of the molecule is O=C(NCC(O)c1ccc(-c2ccsc2)o1)c1nc2ccccc2s1. The number of aromatic nitrogens is 1. The molecule has 0 saturated heterocycles. The number of nitrogens with one attached hydrogen (secondary N) is 1. The number of hydrogen-bond donors (Lipinski definition) is 2. The summed E-state index contributed by atoms with van der Waals surface area (Å²) in [6, 6.07) is 13.1. The summed E-state index contributed by atoms with van der Waals surface area (Å²) in [6.45, 7) is 0.0609. The van der Waals surface area contributed by atoms with Crippen molar-refractivity contribution >= 4 is 38.8 Å². The van der Waals surface area contributed by atoms with Crippen LogP contribution >= 0.6 is 22.7 Å². The van der Waals surface area contributed by atoms with Gasteiger partial charge in [0.25, 0.3) is 5.91 Å². The number of thiazole rings is 1. The highest BCUT2D eigenvalue weighted by Gasteiger charge is 2.17. The first kappa shape index (κ1) is 16.0. The Hall–Kier alpha value is -2.48. The zero-order chi connectivity index (χ0) is 17.2. The van der Waals surface area contributed by atoms with E-state index in [0.29, 0.717) is 16.5 Å². The summed E-state index contributed by atoms with van der Waals surface area (Å²) in [4.78, 5) is 16.5. The number of furan rings is 1. The fraction of sp³-hybridized carbons (Fsp3) is 0.111. The van der Waals surface area contributed by atoms with Gasteiger partial charge < -0.3 is 14.8 Å². The summed E-state index contributed by atoms with van der Waals surface area (Å²) < 4.78 is 6.63. The van der Waals surface area contributed by atoms with Crippen LogP contribution in [0.3, 0.4) is 0 Å². The van der Waals surface area contributed by atoms with Crippen molar-refractivity contribution in [1.82, 2.24) is 10.3 Å². The summed E-state index contributed by atoms with van der Waals surface area (Å²) in [7, 11) is 0. The van der Waals surface area contributed by atoms with Crippen LogP contribution in [-0.4, -0.2) is 22.5 Å². The smallest absolute Gasteiger partial charge is 0.280 e. The van der Waals surface area contributed by atoms with Crippen molar-refractivity contribution < 1.29 is 14.3 Å². The molecule has 3 heterocycles. The van der Waals surface area contributed by atoms with Gasteiger partial charge in [0, 0.05) is 10.9 Å². The first-order chi connectivity index (χ1) is 12.2. The largest absolute Gasteiger partial charge is 0.458 e. The Bertz CT molecular complexity index is 971. The van der Waals surface area contributed by atoms with Gasteiger partial charge in [0.15, 0.2) is 5.01 Å². The van der Waals surface area contributed by atoms with Crippen molar-refractivity contribution in [2.45, 2.75) is 6.10 Å². The molecular formula is C18H14N2O3S2. The minimum absolute atomic E-state index is 0.0609. The summed E-state index contributed by atoms with van der Waals surface area (Å²) in [6.07, 6.45) is -0.911. The maximum atomic E-state index is 12.2. The van der Waals surface area contributed by atoms with Gasteiger partial charge in [-0.15, -0.1) is 11.3 Å². The van der Waals surface area contributed by atoms with Gasteiger partial charge in [0.05, 0.1) is 16.8 Å². The lowest BCUT2D eigenvalue weighted by Crippen LogP contribution is -2.28. The Morgan fingerprint density at radius 1 is 1.24 bits per heavy atom. The van der Waals surface area contributed by atoms with Crippen molar-refractivity contribution in [3.8, 4) is 11.3 Å². The lowest BCUT2D eigenvalue weighted by atomic mass is 10.2. The molecule has 0 aliphatic heterocycles. The molecule has 4 aromatic rings. The fourth-order valence-electron chi connectivity index (χ4n) is 2.43. The molecule has 0 fully saturated rings. The van der Waals surface area contributed by atoms with E-state index in [9.17, 15) is 9.90 Å². The van der Waals surface area contributed by atoms with Crippen LogP contribution in [0.15, 0.2) is 57.6 Å². The number of rotatable bonds is 5. The van der Waals surface area contributed by atoms with E-state index >= 15 is 0 Å². The van der Waals surface area contributed by atoms with Crippen molar-refractivity contribution in [3.05, 3.63) is 64.0 Å². The van der Waals surface area contributed by atoms with E-state index < -0.39 is 6.10 Å². The fourth-order valence-corrected chi connectivity index (χ4v) is 3.95. The molecule has 0 aliphatic rings. The summed E-state index contributed by atoms with van der Waals surface area (Å²) in [5, 5.41) is 17.3. The number of nitrogens with zero attached hydrogens (tertiary/aromatic N) is 1. The third-order valence-electron chi connectivity index (χ3n) is 3.70. The maximum absolute atomic E-state index is 12.2. The minimum Gasteiger partial charge on any atom is -0.458 e. The molecule has 1 atom stereocenters. The van der Waals surface area contributed by atoms with Crippen molar-refractivity contribution in [1.29, 1.82) is 0 Å². The summed E-state index contributed by atoms with van der Waals surface area (Å²) in [5.74, 6) is 0.823. The van der Waals surface area contributed by atoms with Crippen LogP contribution in [0.1, 0.15) is 21.7 Å². The molecule has 0 radical (unpaired) electrons. The third kappa shape index (κ3) is 3.34. The number of benzene rings is 1. The third-order valence-corrected chi connectivity index (χ3v) is 5.42. The van der Waals surface area contributed by atoms with E-state index in [1.807, 2.05) is 47.2 Å². The average molecular weight is 370 g/mol. The topological polar surface area (TPSA) is 75.4 Å². The first-order valence-electron chi connectivity index (χ1n) is 7.65. The number of fused-ring (bicyclic) bond motifs is 1. The minimum atomic E-state index is -0.911. The molecule has 2 N–H and O–H groups in total. The normalized spacial score (nSPS) is 12.4. The highest BCUT2D eigenvalue weighted by atomic mass is 32.1. The average Bonchev–Trinajstić information content (AvgIpc) is 3.38. The van der Waals surface area contributed by atoms with Gasteiger partial charge >= 0.3 is 0 Å². The van der Waals surface area contributed by atoms with Crippen LogP contribution in [0, 0.1) is 0 Å². The lowest BCUT2D eigenvalue weighted by Gasteiger charge is -2.08. The molecule has 7 heteroatoms. The van der Waals surface area contributed by atoms with Gasteiger partial charge in [-0.2, -0.15) is 11.3 Å². The molecule has 25 heavy (non-hydrogen) atoms. The highest BCUT2D eigenvalue weighted by Crippen LogP contribution is 2.27. The molecule has 3 aromatic heterocycles. The second kappa shape index (κ2) is 6.79. The molecule has 5 nitrogen and oxygen atoms in total. The van der Waals surface area contributed by atoms with E-state index in [4.69, 9.17) is 4.42 Å². The molecular weight excluding hydrogens is 356 g/mol. The predicted molar refractivity (Wildman–Crippen MR) is 98.9 cm³/mol. The molecule has 4 rings (SSSR count). The second-order valence-corrected chi connectivity index (χ2v) is 7.24. The van der Waals surface area contributed by atoms with Crippen molar-refractivity contribution in [2.75, 3.05) is 6.54 Å². The van der Waals surface area contributed by atoms with Gasteiger partial charge in [-0.25, -0.2) is 4.98 Å². The van der Waals surface area contributed by atoms with Gasteiger partial charge in [0.2, 0.25) is 0 Å². The lowest BCUT2D eigenvalue weighted by molar-refractivity contribution is 0.0901. The van der Waals surface area contributed by atoms with Crippen LogP contribution in [-0.2, 0) is 0 Å². The van der Waals surface area contributed by atoms with Crippen LogP contribution in [0.2, 0.25) is 0 Å². The Labute approximate surface area is 151 Å². The predicted octanol–water partition coefficient (Wildman–Crippen LogP) is 4.08. The van der Waals surface area contributed by atoms with Crippen molar-refractivity contribution in [2.24, 2.45) is 0 Å². The number of carbonyl (C=O) groups is 1. The van der Waals surface area contributed by atoms with Gasteiger partial charge in [-0.3, -0.25) is 4.79 Å². The van der Waals surface area contributed by atoms with Crippen LogP contribution < -0.4 is 5.32 Å². The van der Waals surface area contributed by atoms with Crippen molar-refractivity contribution in [3.63, 3.8) is 0 Å². The number of hydrogen-bond acceptors (Lipinski definition) is 6. The Balaban J connectivity index is 1.41. The molecule has 0 saturated carbocycles. The molecule has 0 aliphatic carbocycles. The monoisotopic (exact) mass is 370 g/mol.